The SMILES string of the molecule is CCN(CC)c1ccc(/C=N\N2C(=O)N[C@](C)(CC)C2=O)c(O)c1. The fourth-order valence-electron chi connectivity index (χ4n) is 2.56. The van der Waals surface area contributed by atoms with Crippen molar-refractivity contribution in [3.63, 3.8) is 0 Å². The van der Waals surface area contributed by atoms with Crippen molar-refractivity contribution >= 4 is 23.8 Å². The molecule has 0 aromatic heterocycles. The van der Waals surface area contributed by atoms with E-state index in [2.05, 4.69) is 15.3 Å². The molecule has 1 aliphatic rings. The van der Waals surface area contributed by atoms with Gasteiger partial charge in [-0.1, -0.05) is 6.92 Å². The number of phenols is 1. The number of nitrogens with zero attached hydrogens (tertiary/aromatic N) is 3. The summed E-state index contributed by atoms with van der Waals surface area (Å²) in [5, 5.41) is 17.5. The van der Waals surface area contributed by atoms with Crippen molar-refractivity contribution in [2.24, 2.45) is 5.10 Å². The van der Waals surface area contributed by atoms with Crippen molar-refractivity contribution in [3.8, 4) is 5.75 Å². The Hall–Kier alpha value is -2.57. The molecule has 1 aliphatic heterocycles. The predicted molar refractivity (Wildman–Crippen MR) is 93.3 cm³/mol. The number of hydrazone groups is 1. The molecule has 1 aromatic carbocycles. The van der Waals surface area contributed by atoms with Crippen LogP contribution in [0, 0.1) is 0 Å². The molecule has 2 N–H and O–H groups in total. The van der Waals surface area contributed by atoms with Crippen molar-refractivity contribution in [1.29, 1.82) is 0 Å². The summed E-state index contributed by atoms with van der Waals surface area (Å²) in [4.78, 5) is 26.3. The van der Waals surface area contributed by atoms with Crippen molar-refractivity contribution in [2.45, 2.75) is 39.7 Å². The summed E-state index contributed by atoms with van der Waals surface area (Å²) in [5.74, 6) is -0.348. The number of urea groups is 1. The van der Waals surface area contributed by atoms with Gasteiger partial charge < -0.3 is 15.3 Å². The van der Waals surface area contributed by atoms with Crippen LogP contribution in [0.1, 0.15) is 39.7 Å². The van der Waals surface area contributed by atoms with Crippen LogP contribution in [0.15, 0.2) is 23.3 Å². The number of rotatable bonds is 6. The number of aromatic hydroxyl groups is 1. The van der Waals surface area contributed by atoms with Crippen LogP contribution in [-0.2, 0) is 4.79 Å². The number of hydrogen-bond donors (Lipinski definition) is 2. The molecule has 0 aliphatic carbocycles. The molecule has 7 nitrogen and oxygen atoms in total. The maximum absolute atomic E-state index is 12.3. The third kappa shape index (κ3) is 3.20. The van der Waals surface area contributed by atoms with Crippen LogP contribution >= 0.6 is 0 Å². The van der Waals surface area contributed by atoms with E-state index in [1.807, 2.05) is 26.8 Å². The molecule has 1 fully saturated rings. The number of carbonyl (C=O) groups excluding carboxylic acids is 2. The van der Waals surface area contributed by atoms with Crippen LogP contribution in [0.3, 0.4) is 0 Å². The van der Waals surface area contributed by atoms with Crippen LogP contribution < -0.4 is 10.2 Å². The smallest absolute Gasteiger partial charge is 0.346 e. The molecule has 2 rings (SSSR count). The first-order chi connectivity index (χ1) is 11.4. The highest BCUT2D eigenvalue weighted by molar-refractivity contribution is 6.07. The molecular weight excluding hydrogens is 308 g/mol. The fourth-order valence-corrected chi connectivity index (χ4v) is 2.56. The number of benzene rings is 1. The number of nitrogens with one attached hydrogen (secondary N) is 1. The second kappa shape index (κ2) is 6.90. The summed E-state index contributed by atoms with van der Waals surface area (Å²) in [6, 6.07) is 4.68. The minimum absolute atomic E-state index is 0.0495. The summed E-state index contributed by atoms with van der Waals surface area (Å²) in [7, 11) is 0. The lowest BCUT2D eigenvalue weighted by molar-refractivity contribution is -0.130. The average molecular weight is 332 g/mol. The first-order valence-corrected chi connectivity index (χ1v) is 8.14. The van der Waals surface area contributed by atoms with Crippen molar-refractivity contribution < 1.29 is 14.7 Å². The van der Waals surface area contributed by atoms with E-state index < -0.39 is 17.5 Å². The van der Waals surface area contributed by atoms with Gasteiger partial charge in [0.15, 0.2) is 0 Å². The van der Waals surface area contributed by atoms with Crippen LogP contribution in [0.4, 0.5) is 10.5 Å². The largest absolute Gasteiger partial charge is 0.507 e. The van der Waals surface area contributed by atoms with E-state index in [0.717, 1.165) is 23.8 Å². The number of carbonyl (C=O) groups is 2. The molecule has 0 radical (unpaired) electrons. The normalized spacial score (nSPS) is 20.8. The number of amides is 3. The molecular formula is C17H24N4O3. The van der Waals surface area contributed by atoms with Gasteiger partial charge in [-0.15, -0.1) is 5.01 Å². The van der Waals surface area contributed by atoms with E-state index in [-0.39, 0.29) is 5.75 Å². The summed E-state index contributed by atoms with van der Waals surface area (Å²) in [6.45, 7) is 9.24. The quantitative estimate of drug-likeness (QED) is 0.618. The zero-order chi connectivity index (χ0) is 17.9. The minimum Gasteiger partial charge on any atom is -0.507 e. The first kappa shape index (κ1) is 17.8. The van der Waals surface area contributed by atoms with Gasteiger partial charge in [0.05, 0.1) is 6.21 Å². The molecule has 0 unspecified atom stereocenters. The van der Waals surface area contributed by atoms with Gasteiger partial charge in [-0.05, 0) is 39.3 Å². The predicted octanol–water partition coefficient (Wildman–Crippen LogP) is 2.29. The summed E-state index contributed by atoms with van der Waals surface area (Å²) >= 11 is 0. The summed E-state index contributed by atoms with van der Waals surface area (Å²) in [5.41, 5.74) is 0.420. The molecule has 0 bridgehead atoms. The molecule has 3 amide bonds. The van der Waals surface area contributed by atoms with Crippen molar-refractivity contribution in [3.05, 3.63) is 23.8 Å². The Bertz CT molecular complexity index is 670. The van der Waals surface area contributed by atoms with Crippen molar-refractivity contribution in [2.75, 3.05) is 18.0 Å². The topological polar surface area (TPSA) is 85.2 Å². The van der Waals surface area contributed by atoms with Gasteiger partial charge in [-0.3, -0.25) is 4.79 Å². The third-order valence-electron chi connectivity index (χ3n) is 4.40. The van der Waals surface area contributed by atoms with Crippen LogP contribution in [0.25, 0.3) is 0 Å². The lowest BCUT2D eigenvalue weighted by atomic mass is 10.00. The second-order valence-electron chi connectivity index (χ2n) is 5.89. The first-order valence-electron chi connectivity index (χ1n) is 8.14. The Balaban J connectivity index is 2.21. The van der Waals surface area contributed by atoms with E-state index in [0.29, 0.717) is 12.0 Å². The highest BCUT2D eigenvalue weighted by Crippen LogP contribution is 2.25. The molecule has 24 heavy (non-hydrogen) atoms. The van der Waals surface area contributed by atoms with Gasteiger partial charge in [0.25, 0.3) is 5.91 Å². The lowest BCUT2D eigenvalue weighted by Gasteiger charge is -2.21. The fraction of sp³-hybridized carbons (Fsp3) is 0.471. The Labute approximate surface area is 141 Å². The highest BCUT2D eigenvalue weighted by atomic mass is 16.3. The Morgan fingerprint density at radius 1 is 1.29 bits per heavy atom. The molecule has 130 valence electrons. The third-order valence-corrected chi connectivity index (χ3v) is 4.40. The highest BCUT2D eigenvalue weighted by Gasteiger charge is 2.46. The molecule has 0 spiro atoms. The van der Waals surface area contributed by atoms with E-state index in [9.17, 15) is 14.7 Å². The summed E-state index contributed by atoms with van der Waals surface area (Å²) in [6.07, 6.45) is 1.80. The molecule has 1 aromatic rings. The van der Waals surface area contributed by atoms with Crippen LogP contribution in [0.5, 0.6) is 5.75 Å². The zero-order valence-electron chi connectivity index (χ0n) is 14.5. The average Bonchev–Trinajstić information content (AvgIpc) is 2.78. The second-order valence-corrected chi connectivity index (χ2v) is 5.89. The molecule has 7 heteroatoms. The lowest BCUT2D eigenvalue weighted by Crippen LogP contribution is -2.42. The molecule has 1 heterocycles. The van der Waals surface area contributed by atoms with Gasteiger partial charge in [0.2, 0.25) is 0 Å². The van der Waals surface area contributed by atoms with Gasteiger partial charge >= 0.3 is 6.03 Å². The Morgan fingerprint density at radius 3 is 2.46 bits per heavy atom. The number of imide groups is 1. The molecule has 0 saturated carbocycles. The van der Waals surface area contributed by atoms with Crippen LogP contribution in [0.2, 0.25) is 0 Å². The molecule has 1 saturated heterocycles. The van der Waals surface area contributed by atoms with E-state index in [1.165, 1.54) is 6.21 Å². The van der Waals surface area contributed by atoms with Gasteiger partial charge in [-0.2, -0.15) is 5.10 Å². The van der Waals surface area contributed by atoms with E-state index in [1.54, 1.807) is 19.1 Å². The van der Waals surface area contributed by atoms with Gasteiger partial charge in [0, 0.05) is 30.4 Å². The van der Waals surface area contributed by atoms with Crippen molar-refractivity contribution in [1.82, 2.24) is 10.3 Å². The summed E-state index contributed by atoms with van der Waals surface area (Å²) < 4.78 is 0. The minimum atomic E-state index is -0.928. The maximum Gasteiger partial charge on any atom is 0.346 e. The Kier molecular flexibility index (Phi) is 5.11. The number of phenolic OH excluding ortho intramolecular Hbond substituents is 1. The number of hydrogen-bond acceptors (Lipinski definition) is 5. The monoisotopic (exact) mass is 332 g/mol. The van der Waals surface area contributed by atoms with Crippen LogP contribution in [-0.4, -0.2) is 46.9 Å². The zero-order valence-corrected chi connectivity index (χ0v) is 14.5. The van der Waals surface area contributed by atoms with E-state index >= 15 is 0 Å². The standard InChI is InChI=1S/C17H24N4O3/c1-5-17(4)15(23)21(16(24)19-17)18-11-12-8-9-13(10-14(12)22)20(6-2)7-3/h8-11,22H,5-7H2,1-4H3,(H,19,24)/b18-11-/t17-/m1/s1. The van der Waals surface area contributed by atoms with Gasteiger partial charge in [-0.25, -0.2) is 4.79 Å². The number of anilines is 1. The van der Waals surface area contributed by atoms with E-state index in [4.69, 9.17) is 0 Å². The molecule has 1 atom stereocenters. The maximum atomic E-state index is 12.3. The van der Waals surface area contributed by atoms with Gasteiger partial charge in [0.1, 0.15) is 11.3 Å². The Morgan fingerprint density at radius 2 is 1.96 bits per heavy atom.